The molecule has 164 valence electrons. The van der Waals surface area contributed by atoms with Crippen molar-refractivity contribution in [2.24, 2.45) is 12.0 Å². The molecule has 0 amide bonds. The first-order valence-corrected chi connectivity index (χ1v) is 9.71. The van der Waals surface area contributed by atoms with E-state index >= 15 is 0 Å². The number of halogens is 2. The van der Waals surface area contributed by atoms with Gasteiger partial charge in [-0.1, -0.05) is 0 Å². The number of guanidine groups is 1. The Morgan fingerprint density at radius 1 is 1.40 bits per heavy atom. The maximum Gasteiger partial charge on any atom is 0.193 e. The minimum atomic E-state index is -0.273. The number of hydrogen-bond acceptors (Lipinski definition) is 5. The van der Waals surface area contributed by atoms with Gasteiger partial charge < -0.3 is 24.4 Å². The van der Waals surface area contributed by atoms with Crippen LogP contribution in [0.15, 0.2) is 29.5 Å². The molecule has 1 aromatic heterocycles. The maximum absolute atomic E-state index is 13.9. The molecule has 2 aromatic rings. The highest BCUT2D eigenvalue weighted by atomic mass is 127. The van der Waals surface area contributed by atoms with Crippen molar-refractivity contribution in [1.29, 1.82) is 0 Å². The predicted molar refractivity (Wildman–Crippen MR) is 121 cm³/mol. The summed E-state index contributed by atoms with van der Waals surface area (Å²) in [6, 6.07) is 3.00. The molecule has 1 fully saturated rings. The molecule has 8 nitrogen and oxygen atoms in total. The molecule has 1 saturated heterocycles. The SMILES string of the molecule is CN=C(NCCc1cc(F)cc2c1OCOC2)N1CCOC(c2cnn(C)c2)C1.I. The molecule has 4 rings (SSSR count). The number of aryl methyl sites for hydroxylation is 1. The average Bonchev–Trinajstić information content (AvgIpc) is 3.17. The third kappa shape index (κ3) is 5.22. The number of nitrogens with one attached hydrogen (secondary N) is 1. The lowest BCUT2D eigenvalue weighted by molar-refractivity contribution is -0.0172. The summed E-state index contributed by atoms with van der Waals surface area (Å²) >= 11 is 0. The molecular weight excluding hydrogens is 504 g/mol. The van der Waals surface area contributed by atoms with Crippen LogP contribution >= 0.6 is 24.0 Å². The lowest BCUT2D eigenvalue weighted by atomic mass is 10.1. The summed E-state index contributed by atoms with van der Waals surface area (Å²) in [6.07, 6.45) is 4.39. The molecule has 0 spiro atoms. The summed E-state index contributed by atoms with van der Waals surface area (Å²) in [7, 11) is 3.66. The van der Waals surface area contributed by atoms with Crippen molar-refractivity contribution in [3.05, 3.63) is 47.0 Å². The Labute approximate surface area is 192 Å². The van der Waals surface area contributed by atoms with Crippen molar-refractivity contribution < 1.29 is 18.6 Å². The monoisotopic (exact) mass is 531 g/mol. The van der Waals surface area contributed by atoms with E-state index in [1.165, 1.54) is 12.1 Å². The Hall–Kier alpha value is -1.92. The molecule has 0 saturated carbocycles. The number of aliphatic imine (C=N–C) groups is 1. The van der Waals surface area contributed by atoms with E-state index in [-0.39, 0.29) is 42.7 Å². The lowest BCUT2D eigenvalue weighted by Gasteiger charge is -2.34. The van der Waals surface area contributed by atoms with Crippen molar-refractivity contribution in [3.8, 4) is 5.75 Å². The summed E-state index contributed by atoms with van der Waals surface area (Å²) in [5, 5.41) is 7.61. The van der Waals surface area contributed by atoms with Crippen LogP contribution in [0.25, 0.3) is 0 Å². The van der Waals surface area contributed by atoms with Crippen LogP contribution < -0.4 is 10.1 Å². The topological polar surface area (TPSA) is 73.1 Å². The van der Waals surface area contributed by atoms with Gasteiger partial charge >= 0.3 is 0 Å². The summed E-state index contributed by atoms with van der Waals surface area (Å²) in [5.41, 5.74) is 2.64. The quantitative estimate of drug-likeness (QED) is 0.371. The number of benzene rings is 1. The summed E-state index contributed by atoms with van der Waals surface area (Å²) in [6.45, 7) is 3.25. The molecule has 1 atom stereocenters. The molecule has 2 aliphatic rings. The highest BCUT2D eigenvalue weighted by Crippen LogP contribution is 2.29. The molecule has 30 heavy (non-hydrogen) atoms. The normalized spacial score (nSPS) is 19.0. The van der Waals surface area contributed by atoms with Crippen LogP contribution in [0.1, 0.15) is 22.8 Å². The third-order valence-corrected chi connectivity index (χ3v) is 5.10. The number of ether oxygens (including phenoxy) is 3. The van der Waals surface area contributed by atoms with E-state index in [2.05, 4.69) is 20.3 Å². The smallest absolute Gasteiger partial charge is 0.193 e. The van der Waals surface area contributed by atoms with Gasteiger partial charge in [-0.15, -0.1) is 24.0 Å². The van der Waals surface area contributed by atoms with Crippen LogP contribution in [0.4, 0.5) is 4.39 Å². The molecule has 1 unspecified atom stereocenters. The molecule has 0 aliphatic carbocycles. The fraction of sp³-hybridized carbons (Fsp3) is 0.500. The maximum atomic E-state index is 13.9. The second-order valence-corrected chi connectivity index (χ2v) is 7.14. The van der Waals surface area contributed by atoms with Crippen LogP contribution in [0.5, 0.6) is 5.75 Å². The van der Waals surface area contributed by atoms with Crippen LogP contribution in [0.3, 0.4) is 0 Å². The van der Waals surface area contributed by atoms with Crippen molar-refractivity contribution in [2.45, 2.75) is 19.1 Å². The fourth-order valence-electron chi connectivity index (χ4n) is 3.73. The summed E-state index contributed by atoms with van der Waals surface area (Å²) < 4.78 is 32.4. The van der Waals surface area contributed by atoms with E-state index in [9.17, 15) is 4.39 Å². The number of fused-ring (bicyclic) bond motifs is 1. The minimum Gasteiger partial charge on any atom is -0.467 e. The number of rotatable bonds is 4. The third-order valence-electron chi connectivity index (χ3n) is 5.10. The molecule has 1 aromatic carbocycles. The highest BCUT2D eigenvalue weighted by molar-refractivity contribution is 14.0. The average molecular weight is 531 g/mol. The molecular formula is C20H27FIN5O3. The first kappa shape index (κ1) is 22.8. The van der Waals surface area contributed by atoms with Gasteiger partial charge in [0.1, 0.15) is 17.7 Å². The van der Waals surface area contributed by atoms with Crippen LogP contribution in [0.2, 0.25) is 0 Å². The van der Waals surface area contributed by atoms with E-state index in [0.717, 1.165) is 34.9 Å². The van der Waals surface area contributed by atoms with Crippen molar-refractivity contribution in [1.82, 2.24) is 20.0 Å². The Morgan fingerprint density at radius 3 is 3.03 bits per heavy atom. The highest BCUT2D eigenvalue weighted by Gasteiger charge is 2.25. The largest absolute Gasteiger partial charge is 0.467 e. The zero-order chi connectivity index (χ0) is 20.2. The van der Waals surface area contributed by atoms with Gasteiger partial charge in [0.05, 0.1) is 26.0 Å². The van der Waals surface area contributed by atoms with Gasteiger partial charge in [-0.2, -0.15) is 5.10 Å². The molecule has 0 bridgehead atoms. The molecule has 1 N–H and O–H groups in total. The van der Waals surface area contributed by atoms with Crippen molar-refractivity contribution in [3.63, 3.8) is 0 Å². The van der Waals surface area contributed by atoms with Crippen LogP contribution in [-0.4, -0.2) is 60.7 Å². The fourth-order valence-corrected chi connectivity index (χ4v) is 3.73. The van der Waals surface area contributed by atoms with Gasteiger partial charge in [0.15, 0.2) is 12.8 Å². The van der Waals surface area contributed by atoms with Gasteiger partial charge in [0.2, 0.25) is 0 Å². The molecule has 3 heterocycles. The van der Waals surface area contributed by atoms with E-state index in [1.807, 2.05) is 19.4 Å². The Morgan fingerprint density at radius 2 is 2.27 bits per heavy atom. The summed E-state index contributed by atoms with van der Waals surface area (Å²) in [5.74, 6) is 1.26. The molecule has 10 heteroatoms. The minimum absolute atomic E-state index is 0. The first-order valence-electron chi connectivity index (χ1n) is 9.71. The van der Waals surface area contributed by atoms with Gasteiger partial charge in [0.25, 0.3) is 0 Å². The van der Waals surface area contributed by atoms with Gasteiger partial charge in [-0.3, -0.25) is 9.67 Å². The zero-order valence-electron chi connectivity index (χ0n) is 17.1. The van der Waals surface area contributed by atoms with Crippen LogP contribution in [-0.2, 0) is 29.5 Å². The Kier molecular flexibility index (Phi) is 7.89. The van der Waals surface area contributed by atoms with E-state index < -0.39 is 0 Å². The van der Waals surface area contributed by atoms with Gasteiger partial charge in [-0.05, 0) is 24.1 Å². The second kappa shape index (κ2) is 10.4. The number of morpholine rings is 1. The van der Waals surface area contributed by atoms with Crippen molar-refractivity contribution >= 4 is 29.9 Å². The Bertz CT molecular complexity index is 891. The van der Waals surface area contributed by atoms with E-state index in [0.29, 0.717) is 32.7 Å². The van der Waals surface area contributed by atoms with Gasteiger partial charge in [0, 0.05) is 44.5 Å². The number of nitrogens with zero attached hydrogens (tertiary/aromatic N) is 4. The predicted octanol–water partition coefficient (Wildman–Crippen LogP) is 2.24. The van der Waals surface area contributed by atoms with E-state index in [4.69, 9.17) is 14.2 Å². The lowest BCUT2D eigenvalue weighted by Crippen LogP contribution is -2.48. The van der Waals surface area contributed by atoms with E-state index in [1.54, 1.807) is 11.7 Å². The molecule has 0 radical (unpaired) electrons. The summed E-state index contributed by atoms with van der Waals surface area (Å²) in [4.78, 5) is 6.58. The number of hydrogen-bond donors (Lipinski definition) is 1. The van der Waals surface area contributed by atoms with Gasteiger partial charge in [-0.25, -0.2) is 4.39 Å². The van der Waals surface area contributed by atoms with Crippen molar-refractivity contribution in [2.75, 3.05) is 40.1 Å². The van der Waals surface area contributed by atoms with Crippen LogP contribution in [0, 0.1) is 5.82 Å². The standard InChI is InChI=1S/C20H26FN5O3.HI/c1-22-20(26-5-6-28-18(11-26)16-9-24-25(2)10-16)23-4-3-14-7-17(21)8-15-12-27-13-29-19(14)15;/h7-10,18H,3-6,11-13H2,1-2H3,(H,22,23);1H. The second-order valence-electron chi connectivity index (χ2n) is 7.14. The first-order chi connectivity index (χ1) is 14.1. The number of aromatic nitrogens is 2. The zero-order valence-corrected chi connectivity index (χ0v) is 19.5. The molecule has 2 aliphatic heterocycles. The Balaban J connectivity index is 0.00000256.